The first-order valence-corrected chi connectivity index (χ1v) is 13.7. The number of nitrogens with one attached hydrogen (secondary N) is 1. The predicted molar refractivity (Wildman–Crippen MR) is 140 cm³/mol. The number of nitrogens with two attached hydrogens (primary N) is 1. The van der Waals surface area contributed by atoms with E-state index in [1.807, 2.05) is 6.20 Å². The predicted octanol–water partition coefficient (Wildman–Crippen LogP) is 5.18. The van der Waals surface area contributed by atoms with Crippen LogP contribution >= 0.6 is 11.3 Å². The molecule has 36 heavy (non-hydrogen) atoms. The lowest BCUT2D eigenvalue weighted by Gasteiger charge is -2.32. The summed E-state index contributed by atoms with van der Waals surface area (Å²) in [5.41, 5.74) is 10.3. The largest absolute Gasteiger partial charge is 0.389 e. The van der Waals surface area contributed by atoms with E-state index in [2.05, 4.69) is 40.2 Å². The minimum atomic E-state index is -0.0296. The second-order valence-electron chi connectivity index (χ2n) is 10.1. The summed E-state index contributed by atoms with van der Waals surface area (Å²) in [6, 6.07) is 2.36. The van der Waals surface area contributed by atoms with Crippen LogP contribution in [0.1, 0.15) is 79.2 Å². The third-order valence-corrected chi connectivity index (χ3v) is 8.59. The van der Waals surface area contributed by atoms with Gasteiger partial charge >= 0.3 is 0 Å². The molecule has 1 aliphatic carbocycles. The van der Waals surface area contributed by atoms with Crippen molar-refractivity contribution in [1.82, 2.24) is 25.3 Å². The minimum Gasteiger partial charge on any atom is -0.389 e. The van der Waals surface area contributed by atoms with Gasteiger partial charge < -0.3 is 15.2 Å². The number of hydrogen-bond donors (Lipinski definition) is 2. The molecule has 1 saturated heterocycles. The van der Waals surface area contributed by atoms with E-state index in [0.717, 1.165) is 79.7 Å². The van der Waals surface area contributed by atoms with Crippen LogP contribution in [0.2, 0.25) is 0 Å². The van der Waals surface area contributed by atoms with Crippen molar-refractivity contribution in [2.45, 2.75) is 64.7 Å². The number of nitriles is 1. The van der Waals surface area contributed by atoms with Gasteiger partial charge in [-0.1, -0.05) is 25.4 Å². The molecular weight excluding hydrogens is 472 g/mol. The number of aromatic amines is 1. The van der Waals surface area contributed by atoms with E-state index in [1.54, 1.807) is 0 Å². The molecule has 6 rings (SSSR count). The molecule has 186 valence electrons. The molecule has 3 N–H and O–H groups in total. The molecule has 2 atom stereocenters. The molecule has 0 amide bonds. The first-order valence-electron chi connectivity index (χ1n) is 12.8. The fourth-order valence-electron chi connectivity index (χ4n) is 5.86. The molecule has 5 heterocycles. The summed E-state index contributed by atoms with van der Waals surface area (Å²) in [7, 11) is 0. The average molecular weight is 503 g/mol. The van der Waals surface area contributed by atoms with Gasteiger partial charge in [-0.05, 0) is 50.0 Å². The molecule has 1 aliphatic heterocycles. The maximum Gasteiger partial charge on any atom is 0.186 e. The summed E-state index contributed by atoms with van der Waals surface area (Å²) in [5.74, 6) is 2.87. The Balaban J connectivity index is 1.45. The Morgan fingerprint density at radius 2 is 2.19 bits per heavy atom. The first kappa shape index (κ1) is 23.0. The number of thiophene rings is 1. The molecule has 0 saturated carbocycles. The van der Waals surface area contributed by atoms with Crippen LogP contribution in [-0.4, -0.2) is 38.4 Å². The molecule has 1 fully saturated rings. The summed E-state index contributed by atoms with van der Waals surface area (Å²) in [4.78, 5) is 13.3. The van der Waals surface area contributed by atoms with Crippen LogP contribution in [0.25, 0.3) is 22.6 Å². The summed E-state index contributed by atoms with van der Waals surface area (Å²) in [6.07, 6.45) is 8.80. The molecule has 9 nitrogen and oxygen atoms in total. The summed E-state index contributed by atoms with van der Waals surface area (Å²) < 4.78 is 6.03. The number of nitrogen functional groups attached to an aromatic ring is 1. The number of H-pyrrole nitrogens is 1. The average Bonchev–Trinajstić information content (AvgIpc) is 3.60. The standard InChI is InChI=1S/C26H30N8OS/c1-3-6-19-20(17(11-27)23(28)36-19)15-8-4-9-16-21(33-35-22(15)16)25-30-24-18(12-29-32-24)26(31-25)34-10-5-7-14(2)13-34/h12,14-15H,3-10,13,28H2,1-2H3,(H,29,30,31,32). The van der Waals surface area contributed by atoms with E-state index in [9.17, 15) is 5.26 Å². The number of rotatable bonds is 5. The highest BCUT2D eigenvalue weighted by Gasteiger charge is 2.35. The second-order valence-corrected chi connectivity index (χ2v) is 11.2. The number of fused-ring (bicyclic) bond motifs is 2. The molecule has 4 aromatic heterocycles. The van der Waals surface area contributed by atoms with Crippen molar-refractivity contribution in [3.8, 4) is 17.6 Å². The van der Waals surface area contributed by atoms with Gasteiger partial charge in [0, 0.05) is 29.4 Å². The Morgan fingerprint density at radius 1 is 1.31 bits per heavy atom. The van der Waals surface area contributed by atoms with E-state index in [4.69, 9.17) is 20.2 Å². The van der Waals surface area contributed by atoms with Gasteiger partial charge in [0.05, 0.1) is 17.1 Å². The zero-order valence-electron chi connectivity index (χ0n) is 20.7. The molecule has 2 unspecified atom stereocenters. The zero-order chi connectivity index (χ0) is 24.8. The Labute approximate surface area is 213 Å². The number of piperidine rings is 1. The Bertz CT molecular complexity index is 1460. The SMILES string of the molecule is CCCc1sc(N)c(C#N)c1C1CCCc2c(-c3nc(N4CCCC(C)C4)c4cn[nH]c4n3)noc21. The van der Waals surface area contributed by atoms with Crippen molar-refractivity contribution in [1.29, 1.82) is 5.26 Å². The number of aryl methyl sites for hydroxylation is 1. The van der Waals surface area contributed by atoms with E-state index in [1.165, 1.54) is 22.6 Å². The zero-order valence-corrected chi connectivity index (χ0v) is 21.5. The lowest BCUT2D eigenvalue weighted by molar-refractivity contribution is 0.356. The van der Waals surface area contributed by atoms with Crippen molar-refractivity contribution >= 4 is 33.2 Å². The third-order valence-electron chi connectivity index (χ3n) is 7.50. The van der Waals surface area contributed by atoms with Gasteiger partial charge in [0.25, 0.3) is 0 Å². The number of hydrogen-bond acceptors (Lipinski definition) is 9. The highest BCUT2D eigenvalue weighted by molar-refractivity contribution is 7.16. The van der Waals surface area contributed by atoms with Gasteiger partial charge in [0.2, 0.25) is 0 Å². The molecule has 0 bridgehead atoms. The highest BCUT2D eigenvalue weighted by atomic mass is 32.1. The first-order chi connectivity index (χ1) is 17.6. The number of aromatic nitrogens is 5. The number of nitrogens with zero attached hydrogens (tertiary/aromatic N) is 6. The number of anilines is 2. The molecule has 0 spiro atoms. The van der Waals surface area contributed by atoms with Crippen molar-refractivity contribution in [3.63, 3.8) is 0 Å². The topological polar surface area (TPSA) is 134 Å². The Kier molecular flexibility index (Phi) is 5.88. The summed E-state index contributed by atoms with van der Waals surface area (Å²) in [5, 5.41) is 23.2. The molecular formula is C26H30N8OS. The normalized spacial score (nSPS) is 20.0. The molecule has 10 heteroatoms. The van der Waals surface area contributed by atoms with Crippen LogP contribution in [-0.2, 0) is 12.8 Å². The van der Waals surface area contributed by atoms with Crippen LogP contribution in [0.15, 0.2) is 10.7 Å². The molecule has 0 radical (unpaired) electrons. The van der Waals surface area contributed by atoms with Crippen molar-refractivity contribution in [2.24, 2.45) is 5.92 Å². The smallest absolute Gasteiger partial charge is 0.186 e. The summed E-state index contributed by atoms with van der Waals surface area (Å²) in [6.45, 7) is 6.37. The van der Waals surface area contributed by atoms with E-state index in [-0.39, 0.29) is 5.92 Å². The Hall–Kier alpha value is -3.45. The van der Waals surface area contributed by atoms with Crippen LogP contribution in [0, 0.1) is 17.2 Å². The van der Waals surface area contributed by atoms with Crippen molar-refractivity contribution < 1.29 is 4.52 Å². The maximum atomic E-state index is 9.89. The van der Waals surface area contributed by atoms with Gasteiger partial charge in [0.15, 0.2) is 17.2 Å². The van der Waals surface area contributed by atoms with E-state index < -0.39 is 0 Å². The molecule has 4 aromatic rings. The minimum absolute atomic E-state index is 0.0296. The quantitative estimate of drug-likeness (QED) is 0.381. The van der Waals surface area contributed by atoms with E-state index >= 15 is 0 Å². The van der Waals surface area contributed by atoms with Gasteiger partial charge in [0.1, 0.15) is 22.6 Å². The van der Waals surface area contributed by atoms with Crippen LogP contribution < -0.4 is 10.6 Å². The van der Waals surface area contributed by atoms with Crippen molar-refractivity contribution in [2.75, 3.05) is 23.7 Å². The van der Waals surface area contributed by atoms with Gasteiger partial charge in [-0.2, -0.15) is 10.4 Å². The van der Waals surface area contributed by atoms with Gasteiger partial charge in [-0.25, -0.2) is 9.97 Å². The fraction of sp³-hybridized carbons (Fsp3) is 0.500. The third kappa shape index (κ3) is 3.73. The second kappa shape index (κ2) is 9.21. The van der Waals surface area contributed by atoms with Crippen LogP contribution in [0.4, 0.5) is 10.8 Å². The monoisotopic (exact) mass is 502 g/mol. The van der Waals surface area contributed by atoms with E-state index in [0.29, 0.717) is 33.6 Å². The fourth-order valence-corrected chi connectivity index (χ4v) is 7.04. The van der Waals surface area contributed by atoms with Crippen LogP contribution in [0.3, 0.4) is 0 Å². The van der Waals surface area contributed by atoms with Gasteiger partial charge in [-0.3, -0.25) is 5.10 Å². The van der Waals surface area contributed by atoms with Crippen LogP contribution in [0.5, 0.6) is 0 Å². The lowest BCUT2D eigenvalue weighted by Crippen LogP contribution is -2.35. The van der Waals surface area contributed by atoms with Crippen molar-refractivity contribution in [3.05, 3.63) is 33.5 Å². The van der Waals surface area contributed by atoms with Gasteiger partial charge in [-0.15, -0.1) is 11.3 Å². The highest BCUT2D eigenvalue weighted by Crippen LogP contribution is 2.46. The summed E-state index contributed by atoms with van der Waals surface area (Å²) >= 11 is 1.53. The molecule has 2 aliphatic rings. The maximum absolute atomic E-state index is 9.89. The molecule has 0 aromatic carbocycles. The Morgan fingerprint density at radius 3 is 3.00 bits per heavy atom. The lowest BCUT2D eigenvalue weighted by atomic mass is 9.81.